The van der Waals surface area contributed by atoms with Crippen LogP contribution in [0.4, 0.5) is 5.69 Å². The number of aromatic nitrogens is 2. The molecular formula is C13H11N3O5. The van der Waals surface area contributed by atoms with Gasteiger partial charge in [0.25, 0.3) is 5.69 Å². The Morgan fingerprint density at radius 2 is 2.05 bits per heavy atom. The van der Waals surface area contributed by atoms with Gasteiger partial charge in [0, 0.05) is 6.07 Å². The SMILES string of the molecule is Cc1ncc(Oc2cccc([N+](=O)[O-])c2C(=O)O)nc1C. The molecule has 0 fully saturated rings. The van der Waals surface area contributed by atoms with Crippen LogP contribution in [0.5, 0.6) is 11.6 Å². The highest BCUT2D eigenvalue weighted by molar-refractivity contribution is 5.95. The predicted octanol–water partition coefficient (Wildman–Crippen LogP) is 2.49. The van der Waals surface area contributed by atoms with Gasteiger partial charge in [-0.15, -0.1) is 0 Å². The minimum absolute atomic E-state index is 0.0705. The van der Waals surface area contributed by atoms with Crippen LogP contribution >= 0.6 is 0 Å². The molecule has 0 aliphatic carbocycles. The summed E-state index contributed by atoms with van der Waals surface area (Å²) in [4.78, 5) is 29.5. The number of nitro groups is 1. The van der Waals surface area contributed by atoms with Gasteiger partial charge in [-0.1, -0.05) is 6.07 Å². The number of ether oxygens (including phenoxy) is 1. The van der Waals surface area contributed by atoms with E-state index >= 15 is 0 Å². The van der Waals surface area contributed by atoms with E-state index < -0.39 is 22.1 Å². The van der Waals surface area contributed by atoms with E-state index in [1.165, 1.54) is 18.3 Å². The average Bonchev–Trinajstić information content (AvgIpc) is 2.42. The maximum absolute atomic E-state index is 11.2. The van der Waals surface area contributed by atoms with Crippen molar-refractivity contribution in [3.8, 4) is 11.6 Å². The Kier molecular flexibility index (Phi) is 3.79. The molecule has 0 aliphatic heterocycles. The van der Waals surface area contributed by atoms with Crippen molar-refractivity contribution in [2.75, 3.05) is 0 Å². The second-order valence-corrected chi connectivity index (χ2v) is 4.19. The molecule has 0 saturated heterocycles. The largest absolute Gasteiger partial charge is 0.477 e. The molecule has 1 aromatic carbocycles. The topological polar surface area (TPSA) is 115 Å². The van der Waals surface area contributed by atoms with Crippen molar-refractivity contribution in [1.29, 1.82) is 0 Å². The number of hydrogen-bond acceptors (Lipinski definition) is 6. The zero-order valence-corrected chi connectivity index (χ0v) is 11.2. The summed E-state index contributed by atoms with van der Waals surface area (Å²) in [5.74, 6) is -1.54. The number of nitrogens with zero attached hydrogens (tertiary/aromatic N) is 3. The molecule has 108 valence electrons. The average molecular weight is 289 g/mol. The van der Waals surface area contributed by atoms with Gasteiger partial charge in [-0.3, -0.25) is 15.1 Å². The summed E-state index contributed by atoms with van der Waals surface area (Å²) < 4.78 is 5.34. The van der Waals surface area contributed by atoms with E-state index in [0.717, 1.165) is 6.07 Å². The molecule has 0 bridgehead atoms. The standard InChI is InChI=1S/C13H11N3O5/c1-7-8(2)15-11(6-14-7)21-10-5-3-4-9(16(19)20)12(10)13(17)18/h3-6H,1-2H3,(H,17,18). The van der Waals surface area contributed by atoms with Crippen molar-refractivity contribution < 1.29 is 19.6 Å². The van der Waals surface area contributed by atoms with Gasteiger partial charge in [0.1, 0.15) is 0 Å². The van der Waals surface area contributed by atoms with Crippen LogP contribution < -0.4 is 4.74 Å². The van der Waals surface area contributed by atoms with E-state index in [2.05, 4.69) is 9.97 Å². The van der Waals surface area contributed by atoms with Gasteiger partial charge < -0.3 is 9.84 Å². The van der Waals surface area contributed by atoms with Crippen LogP contribution in [0.2, 0.25) is 0 Å². The van der Waals surface area contributed by atoms with Gasteiger partial charge in [0.2, 0.25) is 5.88 Å². The molecule has 1 heterocycles. The van der Waals surface area contributed by atoms with E-state index in [-0.39, 0.29) is 11.6 Å². The number of aromatic carboxylic acids is 1. The highest BCUT2D eigenvalue weighted by atomic mass is 16.6. The second kappa shape index (κ2) is 5.53. The van der Waals surface area contributed by atoms with Gasteiger partial charge in [-0.2, -0.15) is 0 Å². The fourth-order valence-corrected chi connectivity index (χ4v) is 1.65. The van der Waals surface area contributed by atoms with E-state index in [4.69, 9.17) is 9.84 Å². The summed E-state index contributed by atoms with van der Waals surface area (Å²) in [6.45, 7) is 3.49. The van der Waals surface area contributed by atoms with Crippen molar-refractivity contribution in [3.63, 3.8) is 0 Å². The van der Waals surface area contributed by atoms with Gasteiger partial charge in [-0.25, -0.2) is 9.78 Å². The molecule has 0 atom stereocenters. The molecule has 2 aromatic rings. The summed E-state index contributed by atoms with van der Waals surface area (Å²) in [6, 6.07) is 3.77. The Morgan fingerprint density at radius 1 is 1.33 bits per heavy atom. The first-order valence-corrected chi connectivity index (χ1v) is 5.89. The summed E-state index contributed by atoms with van der Waals surface area (Å²) in [5, 5.41) is 20.0. The van der Waals surface area contributed by atoms with Crippen LogP contribution in [0.25, 0.3) is 0 Å². The molecule has 0 aliphatic rings. The number of carboxylic acid groups (broad SMARTS) is 1. The maximum atomic E-state index is 11.2. The van der Waals surface area contributed by atoms with Crippen molar-refractivity contribution >= 4 is 11.7 Å². The third-order valence-electron chi connectivity index (χ3n) is 2.80. The second-order valence-electron chi connectivity index (χ2n) is 4.19. The van der Waals surface area contributed by atoms with Crippen LogP contribution in [0.1, 0.15) is 21.7 Å². The molecule has 0 saturated carbocycles. The monoisotopic (exact) mass is 289 g/mol. The van der Waals surface area contributed by atoms with Crippen LogP contribution in [-0.2, 0) is 0 Å². The van der Waals surface area contributed by atoms with Crippen LogP contribution in [-0.4, -0.2) is 26.0 Å². The third-order valence-corrected chi connectivity index (χ3v) is 2.80. The van der Waals surface area contributed by atoms with Gasteiger partial charge in [0.15, 0.2) is 11.3 Å². The Bertz CT molecular complexity index is 730. The van der Waals surface area contributed by atoms with Crippen molar-refractivity contribution in [2.45, 2.75) is 13.8 Å². The molecule has 0 unspecified atom stereocenters. The number of nitro benzene ring substituents is 1. The van der Waals surface area contributed by atoms with Crippen molar-refractivity contribution in [2.24, 2.45) is 0 Å². The number of aryl methyl sites for hydroxylation is 2. The van der Waals surface area contributed by atoms with E-state index in [1.807, 2.05) is 0 Å². The van der Waals surface area contributed by atoms with E-state index in [9.17, 15) is 14.9 Å². The number of rotatable bonds is 4. The minimum atomic E-state index is -1.45. The summed E-state index contributed by atoms with van der Waals surface area (Å²) >= 11 is 0. The van der Waals surface area contributed by atoms with Gasteiger partial charge in [0.05, 0.1) is 22.5 Å². The number of carboxylic acids is 1. The van der Waals surface area contributed by atoms with Crippen LogP contribution in [0.15, 0.2) is 24.4 Å². The lowest BCUT2D eigenvalue weighted by Gasteiger charge is -2.08. The Labute approximate surface area is 119 Å². The Balaban J connectivity index is 2.48. The number of benzene rings is 1. The lowest BCUT2D eigenvalue weighted by atomic mass is 10.1. The Morgan fingerprint density at radius 3 is 2.62 bits per heavy atom. The lowest BCUT2D eigenvalue weighted by molar-refractivity contribution is -0.385. The normalized spacial score (nSPS) is 10.2. The molecule has 0 radical (unpaired) electrons. The zero-order valence-electron chi connectivity index (χ0n) is 11.2. The molecular weight excluding hydrogens is 278 g/mol. The quantitative estimate of drug-likeness (QED) is 0.678. The molecule has 0 amide bonds. The molecule has 2 rings (SSSR count). The molecule has 8 nitrogen and oxygen atoms in total. The molecule has 1 N–H and O–H groups in total. The maximum Gasteiger partial charge on any atom is 0.346 e. The van der Waals surface area contributed by atoms with Crippen molar-refractivity contribution in [3.05, 3.63) is 51.5 Å². The highest BCUT2D eigenvalue weighted by Crippen LogP contribution is 2.31. The predicted molar refractivity (Wildman–Crippen MR) is 71.6 cm³/mol. The first kappa shape index (κ1) is 14.4. The number of carbonyl (C=O) groups is 1. The first-order valence-electron chi connectivity index (χ1n) is 5.89. The van der Waals surface area contributed by atoms with E-state index in [0.29, 0.717) is 11.4 Å². The zero-order chi connectivity index (χ0) is 15.6. The lowest BCUT2D eigenvalue weighted by Crippen LogP contribution is -2.06. The summed E-state index contributed by atoms with van der Waals surface area (Å²) in [6.07, 6.45) is 1.33. The molecule has 21 heavy (non-hydrogen) atoms. The van der Waals surface area contributed by atoms with Crippen molar-refractivity contribution in [1.82, 2.24) is 9.97 Å². The third kappa shape index (κ3) is 2.94. The fraction of sp³-hybridized carbons (Fsp3) is 0.154. The fourth-order valence-electron chi connectivity index (χ4n) is 1.65. The van der Waals surface area contributed by atoms with Gasteiger partial charge in [-0.05, 0) is 19.9 Å². The molecule has 0 spiro atoms. The smallest absolute Gasteiger partial charge is 0.346 e. The summed E-state index contributed by atoms with van der Waals surface area (Å²) in [7, 11) is 0. The molecule has 1 aromatic heterocycles. The Hall–Kier alpha value is -3.03. The van der Waals surface area contributed by atoms with Crippen LogP contribution in [0.3, 0.4) is 0 Å². The van der Waals surface area contributed by atoms with Gasteiger partial charge >= 0.3 is 5.97 Å². The van der Waals surface area contributed by atoms with E-state index in [1.54, 1.807) is 13.8 Å². The minimum Gasteiger partial charge on any atom is -0.477 e. The highest BCUT2D eigenvalue weighted by Gasteiger charge is 2.25. The summed E-state index contributed by atoms with van der Waals surface area (Å²) in [5.41, 5.74) is 0.258. The molecule has 8 heteroatoms. The van der Waals surface area contributed by atoms with Crippen LogP contribution in [0, 0.1) is 24.0 Å². The number of hydrogen-bond donors (Lipinski definition) is 1. The first-order chi connectivity index (χ1) is 9.90.